The van der Waals surface area contributed by atoms with Gasteiger partial charge in [-0.3, -0.25) is 4.79 Å². The molecule has 0 amide bonds. The van der Waals surface area contributed by atoms with Gasteiger partial charge in [0.1, 0.15) is 0 Å². The van der Waals surface area contributed by atoms with Crippen molar-refractivity contribution in [3.63, 3.8) is 0 Å². The van der Waals surface area contributed by atoms with Gasteiger partial charge in [-0.2, -0.15) is 0 Å². The highest BCUT2D eigenvalue weighted by Crippen LogP contribution is 2.28. The van der Waals surface area contributed by atoms with Crippen molar-refractivity contribution in [2.75, 3.05) is 7.11 Å². The molecule has 1 unspecified atom stereocenters. The lowest BCUT2D eigenvalue weighted by Gasteiger charge is -2.21. The van der Waals surface area contributed by atoms with E-state index in [1.165, 1.54) is 7.11 Å². The summed E-state index contributed by atoms with van der Waals surface area (Å²) in [6.45, 7) is 3.65. The van der Waals surface area contributed by atoms with Gasteiger partial charge in [-0.05, 0) is 19.3 Å². The Labute approximate surface area is 77.8 Å². The highest BCUT2D eigenvalue weighted by Gasteiger charge is 2.27. The molecule has 0 fully saturated rings. The minimum atomic E-state index is -0.363. The molecule has 13 heavy (non-hydrogen) atoms. The van der Waals surface area contributed by atoms with Crippen LogP contribution in [0.1, 0.15) is 26.7 Å². The number of ether oxygens (including phenoxy) is 1. The molecule has 1 aliphatic rings. The van der Waals surface area contributed by atoms with Gasteiger partial charge in [-0.25, -0.2) is 4.79 Å². The Bertz CT molecular complexity index is 276. The van der Waals surface area contributed by atoms with Crippen LogP contribution in [0.25, 0.3) is 0 Å². The van der Waals surface area contributed by atoms with Crippen molar-refractivity contribution in [2.45, 2.75) is 26.7 Å². The Hall–Kier alpha value is -1.12. The number of allylic oxidation sites excluding steroid dienone is 1. The summed E-state index contributed by atoms with van der Waals surface area (Å²) in [5.41, 5.74) is 1.13. The van der Waals surface area contributed by atoms with E-state index in [0.29, 0.717) is 17.6 Å². The van der Waals surface area contributed by atoms with Crippen LogP contribution < -0.4 is 0 Å². The predicted molar refractivity (Wildman–Crippen MR) is 48.1 cm³/mol. The molecule has 0 N–H and O–H groups in total. The monoisotopic (exact) mass is 182 g/mol. The first-order chi connectivity index (χ1) is 6.07. The Morgan fingerprint density at radius 1 is 1.54 bits per heavy atom. The molecule has 0 spiro atoms. The normalized spacial score (nSPS) is 23.3. The highest BCUT2D eigenvalue weighted by molar-refractivity contribution is 6.04. The zero-order chi connectivity index (χ0) is 10.0. The molecule has 0 aromatic rings. The number of carbonyl (C=O) groups excluding carboxylic acids is 2. The molecule has 0 aliphatic heterocycles. The Balaban J connectivity index is 3.06. The van der Waals surface area contributed by atoms with Gasteiger partial charge in [0.2, 0.25) is 0 Å². The minimum absolute atomic E-state index is 0.0681. The standard InChI is InChI=1S/C10H14O3/c1-6-4-5-8(11)7(2)9(6)10(12)13-3/h6H,4-5H2,1-3H3. The average Bonchev–Trinajstić information content (AvgIpc) is 2.12. The van der Waals surface area contributed by atoms with Crippen molar-refractivity contribution in [1.29, 1.82) is 0 Å². The number of Topliss-reactive ketones (excluding diaryl/α,β-unsaturated/α-hetero) is 1. The first kappa shape index (κ1) is 9.96. The van der Waals surface area contributed by atoms with E-state index in [4.69, 9.17) is 0 Å². The Morgan fingerprint density at radius 3 is 2.69 bits per heavy atom. The van der Waals surface area contributed by atoms with Crippen LogP contribution >= 0.6 is 0 Å². The molecular formula is C10H14O3. The number of ketones is 1. The Morgan fingerprint density at radius 2 is 2.15 bits per heavy atom. The third kappa shape index (κ3) is 1.79. The average molecular weight is 182 g/mol. The van der Waals surface area contributed by atoms with Crippen LogP contribution in [0.2, 0.25) is 0 Å². The third-order valence-corrected chi connectivity index (χ3v) is 2.52. The topological polar surface area (TPSA) is 43.4 Å². The van der Waals surface area contributed by atoms with E-state index in [0.717, 1.165) is 6.42 Å². The SMILES string of the molecule is COC(=O)C1=C(C)C(=O)CCC1C. The van der Waals surface area contributed by atoms with Gasteiger partial charge in [-0.15, -0.1) is 0 Å². The second-order valence-corrected chi connectivity index (χ2v) is 3.39. The molecule has 0 radical (unpaired) electrons. The number of esters is 1. The van der Waals surface area contributed by atoms with Crippen LogP contribution in [-0.2, 0) is 14.3 Å². The van der Waals surface area contributed by atoms with Crippen molar-refractivity contribution >= 4 is 11.8 Å². The van der Waals surface area contributed by atoms with E-state index < -0.39 is 0 Å². The van der Waals surface area contributed by atoms with Crippen molar-refractivity contribution < 1.29 is 14.3 Å². The summed E-state index contributed by atoms with van der Waals surface area (Å²) in [5.74, 6) is -0.151. The number of hydrogen-bond donors (Lipinski definition) is 0. The molecule has 1 rings (SSSR count). The molecule has 3 heteroatoms. The number of methoxy groups -OCH3 is 1. The maximum atomic E-state index is 11.3. The quantitative estimate of drug-likeness (QED) is 0.577. The number of hydrogen-bond acceptors (Lipinski definition) is 3. The molecule has 0 aromatic heterocycles. The van der Waals surface area contributed by atoms with Gasteiger partial charge in [-0.1, -0.05) is 6.92 Å². The van der Waals surface area contributed by atoms with Crippen LogP contribution in [0.15, 0.2) is 11.1 Å². The lowest BCUT2D eigenvalue weighted by atomic mass is 9.84. The Kier molecular flexibility index (Phi) is 2.86. The number of carbonyl (C=O) groups is 2. The van der Waals surface area contributed by atoms with Crippen LogP contribution in [-0.4, -0.2) is 18.9 Å². The largest absolute Gasteiger partial charge is 0.466 e. The van der Waals surface area contributed by atoms with Gasteiger partial charge in [0.15, 0.2) is 5.78 Å². The molecule has 0 saturated carbocycles. The third-order valence-electron chi connectivity index (χ3n) is 2.52. The van der Waals surface area contributed by atoms with Crippen LogP contribution in [0.4, 0.5) is 0 Å². The first-order valence-corrected chi connectivity index (χ1v) is 4.40. The summed E-state index contributed by atoms with van der Waals surface area (Å²) < 4.78 is 4.63. The van der Waals surface area contributed by atoms with E-state index in [9.17, 15) is 9.59 Å². The van der Waals surface area contributed by atoms with Crippen LogP contribution in [0.3, 0.4) is 0 Å². The smallest absolute Gasteiger partial charge is 0.334 e. The molecule has 1 atom stereocenters. The molecule has 1 aliphatic carbocycles. The van der Waals surface area contributed by atoms with Crippen LogP contribution in [0.5, 0.6) is 0 Å². The van der Waals surface area contributed by atoms with Crippen LogP contribution in [0, 0.1) is 5.92 Å². The van der Waals surface area contributed by atoms with Gasteiger partial charge >= 0.3 is 5.97 Å². The first-order valence-electron chi connectivity index (χ1n) is 4.40. The van der Waals surface area contributed by atoms with Gasteiger partial charge in [0.25, 0.3) is 0 Å². The van der Waals surface area contributed by atoms with E-state index in [1.54, 1.807) is 6.92 Å². The fourth-order valence-corrected chi connectivity index (χ4v) is 1.66. The lowest BCUT2D eigenvalue weighted by molar-refractivity contribution is -0.137. The summed E-state index contributed by atoms with van der Waals surface area (Å²) in [5, 5.41) is 0. The minimum Gasteiger partial charge on any atom is -0.466 e. The molecule has 0 aromatic carbocycles. The summed E-state index contributed by atoms with van der Waals surface area (Å²) in [7, 11) is 1.34. The molecular weight excluding hydrogens is 168 g/mol. The molecule has 72 valence electrons. The van der Waals surface area contributed by atoms with Crippen molar-refractivity contribution in [3.8, 4) is 0 Å². The maximum absolute atomic E-state index is 11.3. The summed E-state index contributed by atoms with van der Waals surface area (Å²) in [6, 6.07) is 0. The van der Waals surface area contributed by atoms with Gasteiger partial charge < -0.3 is 4.74 Å². The summed E-state index contributed by atoms with van der Waals surface area (Å²) in [6.07, 6.45) is 1.30. The predicted octanol–water partition coefficient (Wildman–Crippen LogP) is 1.47. The van der Waals surface area contributed by atoms with E-state index in [1.807, 2.05) is 6.92 Å². The fraction of sp³-hybridized carbons (Fsp3) is 0.600. The van der Waals surface area contributed by atoms with E-state index in [2.05, 4.69) is 4.74 Å². The van der Waals surface area contributed by atoms with Gasteiger partial charge in [0, 0.05) is 17.6 Å². The van der Waals surface area contributed by atoms with E-state index >= 15 is 0 Å². The highest BCUT2D eigenvalue weighted by atomic mass is 16.5. The second-order valence-electron chi connectivity index (χ2n) is 3.39. The molecule has 0 bridgehead atoms. The van der Waals surface area contributed by atoms with Crippen molar-refractivity contribution in [3.05, 3.63) is 11.1 Å². The summed E-state index contributed by atoms with van der Waals surface area (Å²) in [4.78, 5) is 22.6. The van der Waals surface area contributed by atoms with Crippen molar-refractivity contribution in [2.24, 2.45) is 5.92 Å². The summed E-state index contributed by atoms with van der Waals surface area (Å²) >= 11 is 0. The lowest BCUT2D eigenvalue weighted by Crippen LogP contribution is -2.22. The second kappa shape index (κ2) is 3.73. The molecule has 3 nitrogen and oxygen atoms in total. The fourth-order valence-electron chi connectivity index (χ4n) is 1.66. The van der Waals surface area contributed by atoms with Crippen molar-refractivity contribution in [1.82, 2.24) is 0 Å². The zero-order valence-corrected chi connectivity index (χ0v) is 8.22. The number of rotatable bonds is 1. The maximum Gasteiger partial charge on any atom is 0.334 e. The molecule has 0 heterocycles. The molecule has 0 saturated heterocycles. The zero-order valence-electron chi connectivity index (χ0n) is 8.22. The van der Waals surface area contributed by atoms with Gasteiger partial charge in [0.05, 0.1) is 7.11 Å². The van der Waals surface area contributed by atoms with E-state index in [-0.39, 0.29) is 17.7 Å².